The summed E-state index contributed by atoms with van der Waals surface area (Å²) in [5, 5.41) is 12.5. The van der Waals surface area contributed by atoms with Gasteiger partial charge in [0.15, 0.2) is 0 Å². The number of aliphatic hydroxyl groups is 1. The second kappa shape index (κ2) is 10.9. The number of carbonyl (C=O) groups excluding carboxylic acids is 2. The Kier molecular flexibility index (Phi) is 8.02. The number of carbonyl (C=O) groups is 2. The van der Waals surface area contributed by atoms with Crippen LogP contribution in [0.25, 0.3) is 0 Å². The number of hydrogen-bond acceptors (Lipinski definition) is 5. The van der Waals surface area contributed by atoms with Gasteiger partial charge in [-0.15, -0.1) is 0 Å². The van der Waals surface area contributed by atoms with Gasteiger partial charge in [-0.25, -0.2) is 9.78 Å². The van der Waals surface area contributed by atoms with E-state index in [2.05, 4.69) is 10.3 Å². The molecule has 1 unspecified atom stereocenters. The summed E-state index contributed by atoms with van der Waals surface area (Å²) in [4.78, 5) is 31.3. The maximum absolute atomic E-state index is 13.4. The molecule has 3 amide bonds. The van der Waals surface area contributed by atoms with Crippen LogP contribution < -0.4 is 10.1 Å². The third-order valence-electron chi connectivity index (χ3n) is 7.04. The summed E-state index contributed by atoms with van der Waals surface area (Å²) < 4.78 is 86.2. The number of halogens is 6. The molecule has 2 heterocycles. The van der Waals surface area contributed by atoms with Crippen molar-refractivity contribution < 1.29 is 45.8 Å². The van der Waals surface area contributed by atoms with Crippen LogP contribution in [0.15, 0.2) is 60.7 Å². The second-order valence-electron chi connectivity index (χ2n) is 10.2. The summed E-state index contributed by atoms with van der Waals surface area (Å²) in [6, 6.07) is 12.9. The van der Waals surface area contributed by atoms with Crippen molar-refractivity contribution in [3.63, 3.8) is 0 Å². The first-order chi connectivity index (χ1) is 19.5. The van der Waals surface area contributed by atoms with E-state index in [9.17, 15) is 41.0 Å². The molecule has 1 atom stereocenters. The van der Waals surface area contributed by atoms with E-state index in [0.717, 1.165) is 16.5 Å². The molecule has 224 valence electrons. The highest BCUT2D eigenvalue weighted by Gasteiger charge is 2.71. The predicted octanol–water partition coefficient (Wildman–Crippen LogP) is 6.41. The predicted molar refractivity (Wildman–Crippen MR) is 138 cm³/mol. The molecule has 1 aliphatic heterocycles. The molecule has 0 saturated carbocycles. The number of ether oxygens (including phenoxy) is 1. The standard InChI is InChI=1S/C29H27F6N3O4/c1-4-6-18-15-20(27(41,28(30,31)32)29(33,34)35)13-14-22(18)42-23-8-5-7-21(36-23)16-38-24(39)26(3,37-25(38)40)19-11-9-17(2)10-12-19/h5,7-15,41H,4,6,16H2,1-3H3,(H,37,40). The fourth-order valence-electron chi connectivity index (χ4n) is 4.66. The number of nitrogens with one attached hydrogen (secondary N) is 1. The second-order valence-corrected chi connectivity index (χ2v) is 10.2. The number of urea groups is 1. The first-order valence-electron chi connectivity index (χ1n) is 12.9. The van der Waals surface area contributed by atoms with Gasteiger partial charge in [0, 0.05) is 11.6 Å². The topological polar surface area (TPSA) is 91.8 Å². The van der Waals surface area contributed by atoms with Crippen molar-refractivity contribution in [2.75, 3.05) is 0 Å². The van der Waals surface area contributed by atoms with Gasteiger partial charge in [0.2, 0.25) is 5.88 Å². The van der Waals surface area contributed by atoms with Crippen LogP contribution in [-0.4, -0.2) is 39.3 Å². The number of imide groups is 1. The van der Waals surface area contributed by atoms with Crippen LogP contribution in [-0.2, 0) is 28.9 Å². The Morgan fingerprint density at radius 2 is 1.62 bits per heavy atom. The zero-order valence-electron chi connectivity index (χ0n) is 22.7. The summed E-state index contributed by atoms with van der Waals surface area (Å²) in [6.45, 7) is 4.91. The molecule has 2 aromatic carbocycles. The van der Waals surface area contributed by atoms with Crippen LogP contribution in [0, 0.1) is 6.92 Å². The molecule has 1 aliphatic rings. The molecule has 4 rings (SSSR count). The lowest BCUT2D eigenvalue weighted by atomic mass is 9.90. The van der Waals surface area contributed by atoms with Crippen LogP contribution >= 0.6 is 0 Å². The molecule has 0 aliphatic carbocycles. The fourth-order valence-corrected chi connectivity index (χ4v) is 4.66. The Morgan fingerprint density at radius 3 is 2.21 bits per heavy atom. The maximum atomic E-state index is 13.4. The number of alkyl halides is 6. The van der Waals surface area contributed by atoms with Gasteiger partial charge in [-0.2, -0.15) is 26.3 Å². The summed E-state index contributed by atoms with van der Waals surface area (Å²) in [6.07, 6.45) is -11.7. The quantitative estimate of drug-likeness (QED) is 0.232. The fraction of sp³-hybridized carbons (Fsp3) is 0.345. The largest absolute Gasteiger partial charge is 0.439 e. The molecule has 3 aromatic rings. The molecule has 7 nitrogen and oxygen atoms in total. The highest BCUT2D eigenvalue weighted by Crippen LogP contribution is 2.50. The summed E-state index contributed by atoms with van der Waals surface area (Å²) in [5.74, 6) is -0.654. The van der Waals surface area contributed by atoms with Crippen molar-refractivity contribution in [1.82, 2.24) is 15.2 Å². The monoisotopic (exact) mass is 595 g/mol. The van der Waals surface area contributed by atoms with Gasteiger partial charge in [-0.3, -0.25) is 9.69 Å². The molecular weight excluding hydrogens is 568 g/mol. The highest BCUT2D eigenvalue weighted by atomic mass is 19.4. The highest BCUT2D eigenvalue weighted by molar-refractivity contribution is 6.07. The zero-order valence-corrected chi connectivity index (χ0v) is 22.7. The van der Waals surface area contributed by atoms with Gasteiger partial charge in [-0.1, -0.05) is 55.3 Å². The number of aromatic nitrogens is 1. The zero-order chi connectivity index (χ0) is 31.1. The maximum Gasteiger partial charge on any atom is 0.430 e. The van der Waals surface area contributed by atoms with E-state index in [1.165, 1.54) is 18.2 Å². The van der Waals surface area contributed by atoms with Crippen molar-refractivity contribution in [3.05, 3.63) is 88.6 Å². The van der Waals surface area contributed by atoms with E-state index in [-0.39, 0.29) is 35.9 Å². The molecule has 1 fully saturated rings. The lowest BCUT2D eigenvalue weighted by Crippen LogP contribution is -2.53. The minimum atomic E-state index is -6.03. The van der Waals surface area contributed by atoms with Crippen LogP contribution in [0.2, 0.25) is 0 Å². The Labute approximate surface area is 237 Å². The SMILES string of the molecule is CCCc1cc(C(O)(C(F)(F)F)C(F)(F)F)ccc1Oc1cccc(CN2C(=O)NC(C)(c3ccc(C)cc3)C2=O)n1. The first kappa shape index (κ1) is 30.8. The third kappa shape index (κ3) is 5.52. The van der Waals surface area contributed by atoms with E-state index in [1.807, 2.05) is 19.1 Å². The number of nitrogens with zero attached hydrogens (tertiary/aromatic N) is 2. The molecule has 1 saturated heterocycles. The van der Waals surface area contributed by atoms with Gasteiger partial charge >= 0.3 is 18.4 Å². The van der Waals surface area contributed by atoms with Crippen LogP contribution in [0.3, 0.4) is 0 Å². The number of rotatable bonds is 8. The average Bonchev–Trinajstić information content (AvgIpc) is 3.12. The summed E-state index contributed by atoms with van der Waals surface area (Å²) >= 11 is 0. The minimum absolute atomic E-state index is 0.0166. The van der Waals surface area contributed by atoms with E-state index in [0.29, 0.717) is 24.1 Å². The molecule has 0 bridgehead atoms. The average molecular weight is 596 g/mol. The van der Waals surface area contributed by atoms with Crippen molar-refractivity contribution in [3.8, 4) is 11.6 Å². The molecular formula is C29H27F6N3O4. The van der Waals surface area contributed by atoms with Gasteiger partial charge in [0.1, 0.15) is 11.3 Å². The summed E-state index contributed by atoms with van der Waals surface area (Å²) in [5.41, 5.74) is -5.98. The van der Waals surface area contributed by atoms with Crippen molar-refractivity contribution in [2.24, 2.45) is 0 Å². The first-order valence-corrected chi connectivity index (χ1v) is 12.9. The van der Waals surface area contributed by atoms with Crippen molar-refractivity contribution >= 4 is 11.9 Å². The van der Waals surface area contributed by atoms with E-state index < -0.39 is 41.0 Å². The summed E-state index contributed by atoms with van der Waals surface area (Å²) in [7, 11) is 0. The molecule has 2 N–H and O–H groups in total. The number of hydrogen-bond donors (Lipinski definition) is 2. The Morgan fingerprint density at radius 1 is 0.976 bits per heavy atom. The van der Waals surface area contributed by atoms with E-state index in [4.69, 9.17) is 4.74 Å². The van der Waals surface area contributed by atoms with Crippen LogP contribution in [0.5, 0.6) is 11.6 Å². The minimum Gasteiger partial charge on any atom is -0.439 e. The molecule has 42 heavy (non-hydrogen) atoms. The number of aryl methyl sites for hydroxylation is 2. The molecule has 0 spiro atoms. The van der Waals surface area contributed by atoms with Gasteiger partial charge in [0.25, 0.3) is 11.5 Å². The normalized spacial score (nSPS) is 17.9. The number of pyridine rings is 1. The van der Waals surface area contributed by atoms with Gasteiger partial charge < -0.3 is 15.2 Å². The Bertz CT molecular complexity index is 1480. The van der Waals surface area contributed by atoms with Crippen LogP contribution in [0.1, 0.15) is 48.2 Å². The number of benzene rings is 2. The molecule has 0 radical (unpaired) electrons. The van der Waals surface area contributed by atoms with E-state index in [1.54, 1.807) is 26.0 Å². The smallest absolute Gasteiger partial charge is 0.430 e. The molecule has 13 heteroatoms. The van der Waals surface area contributed by atoms with Gasteiger partial charge in [0.05, 0.1) is 12.2 Å². The van der Waals surface area contributed by atoms with Crippen LogP contribution in [0.4, 0.5) is 31.1 Å². The lowest BCUT2D eigenvalue weighted by molar-refractivity contribution is -0.376. The van der Waals surface area contributed by atoms with Crippen molar-refractivity contribution in [1.29, 1.82) is 0 Å². The van der Waals surface area contributed by atoms with Crippen molar-refractivity contribution in [2.45, 2.75) is 63.7 Å². The van der Waals surface area contributed by atoms with E-state index >= 15 is 0 Å². The third-order valence-corrected chi connectivity index (χ3v) is 7.04. The Balaban J connectivity index is 1.59. The Hall–Kier alpha value is -4.13. The van der Waals surface area contributed by atoms with Gasteiger partial charge in [-0.05, 0) is 49.6 Å². The number of amides is 3. The lowest BCUT2D eigenvalue weighted by Gasteiger charge is -2.33. The molecule has 1 aromatic heterocycles.